The minimum atomic E-state index is -0.0901. The standard InChI is InChI=1S/C11H14N2O2S/c1-15-9-4-8(5-12-6-9)11(14)10-7-16-3-2-13-10/h4-6,10,13H,2-3,7H2,1H3. The van der Waals surface area contributed by atoms with Gasteiger partial charge in [0.1, 0.15) is 5.75 Å². The maximum Gasteiger partial charge on any atom is 0.182 e. The molecule has 0 aromatic carbocycles. The van der Waals surface area contributed by atoms with Gasteiger partial charge in [-0.05, 0) is 6.07 Å². The lowest BCUT2D eigenvalue weighted by molar-refractivity contribution is 0.0952. The zero-order valence-corrected chi connectivity index (χ0v) is 9.92. The molecule has 0 radical (unpaired) electrons. The van der Waals surface area contributed by atoms with Gasteiger partial charge in [-0.15, -0.1) is 0 Å². The van der Waals surface area contributed by atoms with Crippen molar-refractivity contribution in [2.75, 3.05) is 25.2 Å². The first-order valence-electron chi connectivity index (χ1n) is 5.15. The van der Waals surface area contributed by atoms with E-state index in [1.54, 1.807) is 37.3 Å². The van der Waals surface area contributed by atoms with Crippen molar-refractivity contribution in [3.63, 3.8) is 0 Å². The van der Waals surface area contributed by atoms with E-state index in [0.29, 0.717) is 11.3 Å². The maximum absolute atomic E-state index is 12.1. The van der Waals surface area contributed by atoms with Gasteiger partial charge in [0, 0.05) is 29.8 Å². The fourth-order valence-electron chi connectivity index (χ4n) is 1.60. The number of pyridine rings is 1. The first-order valence-corrected chi connectivity index (χ1v) is 6.31. The van der Waals surface area contributed by atoms with Gasteiger partial charge >= 0.3 is 0 Å². The summed E-state index contributed by atoms with van der Waals surface area (Å²) in [6.45, 7) is 0.887. The third-order valence-corrected chi connectivity index (χ3v) is 3.53. The van der Waals surface area contributed by atoms with Gasteiger partial charge in [-0.1, -0.05) is 0 Å². The molecule has 0 saturated carbocycles. The van der Waals surface area contributed by atoms with E-state index in [9.17, 15) is 4.79 Å². The number of carbonyl (C=O) groups is 1. The van der Waals surface area contributed by atoms with Crippen LogP contribution in [-0.4, -0.2) is 42.0 Å². The van der Waals surface area contributed by atoms with E-state index < -0.39 is 0 Å². The third kappa shape index (κ3) is 2.54. The van der Waals surface area contributed by atoms with Crippen LogP contribution < -0.4 is 10.1 Å². The zero-order valence-electron chi connectivity index (χ0n) is 9.10. The number of methoxy groups -OCH3 is 1. The predicted octanol–water partition coefficient (Wildman–Crippen LogP) is 0.978. The lowest BCUT2D eigenvalue weighted by atomic mass is 10.1. The van der Waals surface area contributed by atoms with Crippen LogP contribution in [0, 0.1) is 0 Å². The number of carbonyl (C=O) groups excluding carboxylic acids is 1. The van der Waals surface area contributed by atoms with Crippen LogP contribution in [0.1, 0.15) is 10.4 Å². The van der Waals surface area contributed by atoms with Gasteiger partial charge in [-0.3, -0.25) is 9.78 Å². The Morgan fingerprint density at radius 1 is 1.62 bits per heavy atom. The summed E-state index contributed by atoms with van der Waals surface area (Å²) in [6, 6.07) is 1.64. The highest BCUT2D eigenvalue weighted by atomic mass is 32.2. The van der Waals surface area contributed by atoms with Crippen molar-refractivity contribution >= 4 is 17.5 Å². The Bertz CT molecular complexity index is 378. The summed E-state index contributed by atoms with van der Waals surface area (Å²) in [5.74, 6) is 2.61. The summed E-state index contributed by atoms with van der Waals surface area (Å²) in [5.41, 5.74) is 0.611. The molecule has 1 unspecified atom stereocenters. The highest BCUT2D eigenvalue weighted by Gasteiger charge is 2.22. The van der Waals surface area contributed by atoms with Crippen LogP contribution in [0.3, 0.4) is 0 Å². The number of hydrogen-bond donors (Lipinski definition) is 1. The number of thioether (sulfide) groups is 1. The van der Waals surface area contributed by atoms with Crippen molar-refractivity contribution in [2.45, 2.75) is 6.04 Å². The molecule has 2 rings (SSSR count). The van der Waals surface area contributed by atoms with Crippen molar-refractivity contribution in [3.05, 3.63) is 24.0 Å². The van der Waals surface area contributed by atoms with E-state index in [2.05, 4.69) is 10.3 Å². The SMILES string of the molecule is COc1cncc(C(=O)C2CSCCN2)c1. The molecular formula is C11H14N2O2S. The van der Waals surface area contributed by atoms with E-state index >= 15 is 0 Å². The van der Waals surface area contributed by atoms with Crippen LogP contribution in [0.4, 0.5) is 0 Å². The topological polar surface area (TPSA) is 51.2 Å². The Balaban J connectivity index is 2.12. The van der Waals surface area contributed by atoms with Crippen molar-refractivity contribution < 1.29 is 9.53 Å². The molecule has 1 saturated heterocycles. The second-order valence-corrected chi connectivity index (χ2v) is 4.71. The molecule has 1 aromatic heterocycles. The molecule has 1 aliphatic rings. The van der Waals surface area contributed by atoms with Gasteiger partial charge < -0.3 is 10.1 Å². The molecular weight excluding hydrogens is 224 g/mol. The number of ether oxygens (including phenoxy) is 1. The molecule has 0 bridgehead atoms. The fraction of sp³-hybridized carbons (Fsp3) is 0.455. The quantitative estimate of drug-likeness (QED) is 0.795. The zero-order chi connectivity index (χ0) is 11.4. The second-order valence-electron chi connectivity index (χ2n) is 3.56. The molecule has 1 aromatic rings. The Morgan fingerprint density at radius 2 is 2.50 bits per heavy atom. The van der Waals surface area contributed by atoms with Crippen LogP contribution in [0.25, 0.3) is 0 Å². The average Bonchev–Trinajstić information content (AvgIpc) is 2.39. The fourth-order valence-corrected chi connectivity index (χ4v) is 2.53. The maximum atomic E-state index is 12.1. The molecule has 0 amide bonds. The van der Waals surface area contributed by atoms with Crippen LogP contribution in [-0.2, 0) is 0 Å². The highest BCUT2D eigenvalue weighted by molar-refractivity contribution is 7.99. The van der Waals surface area contributed by atoms with Gasteiger partial charge in [0.15, 0.2) is 5.78 Å². The van der Waals surface area contributed by atoms with E-state index in [4.69, 9.17) is 4.74 Å². The van der Waals surface area contributed by atoms with Crippen LogP contribution in [0.15, 0.2) is 18.5 Å². The monoisotopic (exact) mass is 238 g/mol. The molecule has 1 atom stereocenters. The van der Waals surface area contributed by atoms with Gasteiger partial charge in [-0.2, -0.15) is 11.8 Å². The minimum Gasteiger partial charge on any atom is -0.495 e. The molecule has 1 fully saturated rings. The van der Waals surface area contributed by atoms with Crippen molar-refractivity contribution in [1.29, 1.82) is 0 Å². The molecule has 4 nitrogen and oxygen atoms in total. The number of hydrogen-bond acceptors (Lipinski definition) is 5. The summed E-state index contributed by atoms with van der Waals surface area (Å²) in [5, 5.41) is 3.22. The van der Waals surface area contributed by atoms with Crippen LogP contribution in [0.5, 0.6) is 5.75 Å². The van der Waals surface area contributed by atoms with E-state index in [1.165, 1.54) is 0 Å². The number of aromatic nitrogens is 1. The summed E-state index contributed by atoms with van der Waals surface area (Å²) in [6.07, 6.45) is 3.19. The van der Waals surface area contributed by atoms with Crippen LogP contribution >= 0.6 is 11.8 Å². The molecule has 16 heavy (non-hydrogen) atoms. The molecule has 86 valence electrons. The van der Waals surface area contributed by atoms with Crippen molar-refractivity contribution in [1.82, 2.24) is 10.3 Å². The summed E-state index contributed by atoms with van der Waals surface area (Å²) in [7, 11) is 1.57. The lowest BCUT2D eigenvalue weighted by Gasteiger charge is -2.21. The third-order valence-electron chi connectivity index (χ3n) is 2.47. The second kappa shape index (κ2) is 5.32. The van der Waals surface area contributed by atoms with Gasteiger partial charge in [0.25, 0.3) is 0 Å². The lowest BCUT2D eigenvalue weighted by Crippen LogP contribution is -2.43. The van der Waals surface area contributed by atoms with Crippen LogP contribution in [0.2, 0.25) is 0 Å². The number of ketones is 1. The molecule has 5 heteroatoms. The Morgan fingerprint density at radius 3 is 3.19 bits per heavy atom. The highest BCUT2D eigenvalue weighted by Crippen LogP contribution is 2.15. The normalized spacial score (nSPS) is 20.4. The number of nitrogens with zero attached hydrogens (tertiary/aromatic N) is 1. The first-order chi connectivity index (χ1) is 7.81. The molecule has 0 spiro atoms. The van der Waals surface area contributed by atoms with E-state index in [-0.39, 0.29) is 11.8 Å². The average molecular weight is 238 g/mol. The minimum absolute atomic E-state index is 0.0901. The molecule has 0 aliphatic carbocycles. The smallest absolute Gasteiger partial charge is 0.182 e. The van der Waals surface area contributed by atoms with Gasteiger partial charge in [0.2, 0.25) is 0 Å². The Hall–Kier alpha value is -1.07. The predicted molar refractivity (Wildman–Crippen MR) is 64.2 cm³/mol. The van der Waals surface area contributed by atoms with E-state index in [1.807, 2.05) is 0 Å². The first kappa shape index (κ1) is 11.4. The summed E-state index contributed by atoms with van der Waals surface area (Å²) in [4.78, 5) is 16.1. The van der Waals surface area contributed by atoms with Crippen molar-refractivity contribution in [2.24, 2.45) is 0 Å². The van der Waals surface area contributed by atoms with E-state index in [0.717, 1.165) is 18.1 Å². The molecule has 1 aliphatic heterocycles. The Kier molecular flexibility index (Phi) is 3.79. The van der Waals surface area contributed by atoms with Crippen molar-refractivity contribution in [3.8, 4) is 5.75 Å². The summed E-state index contributed by atoms with van der Waals surface area (Å²) < 4.78 is 5.05. The van der Waals surface area contributed by atoms with Gasteiger partial charge in [0.05, 0.1) is 19.3 Å². The molecule has 2 heterocycles. The number of nitrogens with one attached hydrogen (secondary N) is 1. The Labute approximate surface area is 98.8 Å². The largest absolute Gasteiger partial charge is 0.495 e. The summed E-state index contributed by atoms with van der Waals surface area (Å²) >= 11 is 1.80. The number of rotatable bonds is 3. The number of Topliss-reactive ketones (excluding diaryl/α,β-unsaturated/α-hetero) is 1. The molecule has 1 N–H and O–H groups in total. The van der Waals surface area contributed by atoms with Gasteiger partial charge in [-0.25, -0.2) is 0 Å².